The molecular formula is C19H22ClFN2O4S2. The van der Waals surface area contributed by atoms with Crippen molar-refractivity contribution in [1.29, 1.82) is 0 Å². The summed E-state index contributed by atoms with van der Waals surface area (Å²) in [6.07, 6.45) is 2.11. The molecule has 0 spiro atoms. The quantitative estimate of drug-likeness (QED) is 0.682. The molecule has 0 N–H and O–H groups in total. The summed E-state index contributed by atoms with van der Waals surface area (Å²) >= 11 is 6.10. The SMILES string of the molecule is CS(=O)(=O)c1ccc(N2CCN(Cc3c(F)cccc3Cl)CC2)c(S(C)(=O)=O)c1. The van der Waals surface area contributed by atoms with E-state index < -0.39 is 19.7 Å². The lowest BCUT2D eigenvalue weighted by Crippen LogP contribution is -2.46. The first-order valence-corrected chi connectivity index (χ1v) is 13.1. The fourth-order valence-corrected chi connectivity index (χ4v) is 5.20. The van der Waals surface area contributed by atoms with E-state index in [9.17, 15) is 21.2 Å². The number of halogens is 2. The van der Waals surface area contributed by atoms with Crippen LogP contribution in [-0.2, 0) is 26.2 Å². The minimum absolute atomic E-state index is 0.00831. The molecule has 1 aliphatic heterocycles. The smallest absolute Gasteiger partial charge is 0.177 e. The molecule has 0 bridgehead atoms. The lowest BCUT2D eigenvalue weighted by Gasteiger charge is -2.37. The minimum Gasteiger partial charge on any atom is -0.368 e. The second-order valence-electron chi connectivity index (χ2n) is 7.14. The van der Waals surface area contributed by atoms with Crippen molar-refractivity contribution in [3.05, 3.63) is 52.8 Å². The number of benzene rings is 2. The van der Waals surface area contributed by atoms with Crippen molar-refractivity contribution < 1.29 is 21.2 Å². The normalized spacial score (nSPS) is 16.2. The zero-order chi connectivity index (χ0) is 21.4. The van der Waals surface area contributed by atoms with E-state index in [0.29, 0.717) is 49.0 Å². The molecule has 0 atom stereocenters. The van der Waals surface area contributed by atoms with Crippen LogP contribution in [0.3, 0.4) is 0 Å². The Bertz CT molecular complexity index is 1110. The molecule has 10 heteroatoms. The Balaban J connectivity index is 1.80. The predicted molar refractivity (Wildman–Crippen MR) is 112 cm³/mol. The molecule has 1 heterocycles. The summed E-state index contributed by atoms with van der Waals surface area (Å²) in [5.74, 6) is -0.351. The molecule has 0 aromatic heterocycles. The van der Waals surface area contributed by atoms with Gasteiger partial charge >= 0.3 is 0 Å². The van der Waals surface area contributed by atoms with Gasteiger partial charge in [0, 0.05) is 55.8 Å². The lowest BCUT2D eigenvalue weighted by molar-refractivity contribution is 0.246. The first-order chi connectivity index (χ1) is 13.5. The van der Waals surface area contributed by atoms with E-state index in [2.05, 4.69) is 0 Å². The number of anilines is 1. The zero-order valence-corrected chi connectivity index (χ0v) is 18.5. The Hall–Kier alpha value is -1.68. The van der Waals surface area contributed by atoms with Crippen LogP contribution in [0, 0.1) is 5.82 Å². The molecule has 158 valence electrons. The Morgan fingerprint density at radius 2 is 1.62 bits per heavy atom. The maximum atomic E-state index is 14.0. The topological polar surface area (TPSA) is 74.8 Å². The molecule has 1 aliphatic rings. The van der Waals surface area contributed by atoms with Crippen molar-refractivity contribution in [1.82, 2.24) is 4.90 Å². The Kier molecular flexibility index (Phi) is 6.24. The molecule has 1 saturated heterocycles. The fraction of sp³-hybridized carbons (Fsp3) is 0.368. The molecule has 29 heavy (non-hydrogen) atoms. The highest BCUT2D eigenvalue weighted by atomic mass is 35.5. The Morgan fingerprint density at radius 3 is 2.17 bits per heavy atom. The van der Waals surface area contributed by atoms with Gasteiger partial charge < -0.3 is 4.90 Å². The Morgan fingerprint density at radius 1 is 0.966 bits per heavy atom. The number of hydrogen-bond acceptors (Lipinski definition) is 6. The first-order valence-electron chi connectivity index (χ1n) is 8.91. The van der Waals surface area contributed by atoms with Crippen LogP contribution in [0.25, 0.3) is 0 Å². The maximum Gasteiger partial charge on any atom is 0.177 e. The van der Waals surface area contributed by atoms with Gasteiger partial charge in [0.25, 0.3) is 0 Å². The molecule has 3 rings (SSSR count). The predicted octanol–water partition coefficient (Wildman–Crippen LogP) is 2.61. The number of nitrogens with zero attached hydrogens (tertiary/aromatic N) is 2. The lowest BCUT2D eigenvalue weighted by atomic mass is 10.1. The van der Waals surface area contributed by atoms with Crippen molar-refractivity contribution in [2.75, 3.05) is 43.6 Å². The summed E-state index contributed by atoms with van der Waals surface area (Å²) in [7, 11) is -7.15. The highest BCUT2D eigenvalue weighted by Gasteiger charge is 2.25. The largest absolute Gasteiger partial charge is 0.368 e. The number of piperazine rings is 1. The van der Waals surface area contributed by atoms with Crippen LogP contribution < -0.4 is 4.90 Å². The van der Waals surface area contributed by atoms with E-state index in [1.807, 2.05) is 9.80 Å². The maximum absolute atomic E-state index is 14.0. The molecule has 0 radical (unpaired) electrons. The van der Waals surface area contributed by atoms with Gasteiger partial charge in [-0.2, -0.15) is 0 Å². The summed E-state index contributed by atoms with van der Waals surface area (Å²) < 4.78 is 62.2. The van der Waals surface area contributed by atoms with E-state index in [1.165, 1.54) is 24.3 Å². The zero-order valence-electron chi connectivity index (χ0n) is 16.1. The van der Waals surface area contributed by atoms with Crippen molar-refractivity contribution in [2.45, 2.75) is 16.3 Å². The molecule has 6 nitrogen and oxygen atoms in total. The van der Waals surface area contributed by atoms with E-state index in [0.717, 1.165) is 12.5 Å². The van der Waals surface area contributed by atoms with Crippen LogP contribution in [0.15, 0.2) is 46.2 Å². The van der Waals surface area contributed by atoms with Gasteiger partial charge in [0.15, 0.2) is 19.7 Å². The summed E-state index contributed by atoms with van der Waals surface area (Å²) in [6, 6.07) is 8.76. The number of hydrogen-bond donors (Lipinski definition) is 0. The van der Waals surface area contributed by atoms with Gasteiger partial charge in [0.05, 0.1) is 15.5 Å². The molecule has 0 saturated carbocycles. The number of rotatable bonds is 5. The Labute approximate surface area is 175 Å². The van der Waals surface area contributed by atoms with E-state index in [4.69, 9.17) is 11.6 Å². The second kappa shape index (κ2) is 8.22. The highest BCUT2D eigenvalue weighted by Crippen LogP contribution is 2.30. The summed E-state index contributed by atoms with van der Waals surface area (Å²) in [4.78, 5) is 3.91. The first kappa shape index (κ1) is 22.0. The van der Waals surface area contributed by atoms with E-state index in [-0.39, 0.29) is 15.6 Å². The van der Waals surface area contributed by atoms with Gasteiger partial charge in [-0.05, 0) is 30.3 Å². The van der Waals surface area contributed by atoms with Gasteiger partial charge in [-0.25, -0.2) is 21.2 Å². The third-order valence-corrected chi connectivity index (χ3v) is 7.51. The standard InChI is InChI=1S/C19H22ClFN2O4S2/c1-28(24,25)14-6-7-18(19(12-14)29(2,26)27)23-10-8-22(9-11-23)13-15-16(20)4-3-5-17(15)21/h3-7,12H,8-11,13H2,1-2H3. The van der Waals surface area contributed by atoms with E-state index in [1.54, 1.807) is 12.1 Å². The minimum atomic E-state index is -3.63. The average Bonchev–Trinajstić information content (AvgIpc) is 2.63. The van der Waals surface area contributed by atoms with Crippen LogP contribution in [-0.4, -0.2) is 60.4 Å². The molecular weight excluding hydrogens is 439 g/mol. The van der Waals surface area contributed by atoms with Crippen molar-refractivity contribution >= 4 is 37.0 Å². The number of sulfone groups is 2. The summed E-state index contributed by atoms with van der Waals surface area (Å²) in [6.45, 7) is 2.58. The average molecular weight is 461 g/mol. The van der Waals surface area contributed by atoms with Gasteiger partial charge in [-0.3, -0.25) is 4.90 Å². The van der Waals surface area contributed by atoms with Gasteiger partial charge in [0.2, 0.25) is 0 Å². The van der Waals surface area contributed by atoms with Crippen LogP contribution in [0.1, 0.15) is 5.56 Å². The molecule has 0 unspecified atom stereocenters. The summed E-state index contributed by atoms with van der Waals surface area (Å²) in [5, 5.41) is 0.378. The van der Waals surface area contributed by atoms with Crippen LogP contribution in [0.4, 0.5) is 10.1 Å². The van der Waals surface area contributed by atoms with Crippen LogP contribution in [0.2, 0.25) is 5.02 Å². The fourth-order valence-electron chi connectivity index (χ4n) is 3.34. The van der Waals surface area contributed by atoms with Gasteiger partial charge in [0.1, 0.15) is 5.82 Å². The van der Waals surface area contributed by atoms with Crippen LogP contribution in [0.5, 0.6) is 0 Å². The molecule has 0 amide bonds. The van der Waals surface area contributed by atoms with Crippen molar-refractivity contribution in [3.8, 4) is 0 Å². The third-order valence-electron chi connectivity index (χ3n) is 4.92. The van der Waals surface area contributed by atoms with Gasteiger partial charge in [-0.1, -0.05) is 17.7 Å². The monoisotopic (exact) mass is 460 g/mol. The molecule has 1 fully saturated rings. The molecule has 2 aromatic rings. The van der Waals surface area contributed by atoms with Crippen molar-refractivity contribution in [2.24, 2.45) is 0 Å². The third kappa shape index (κ3) is 5.09. The van der Waals surface area contributed by atoms with Crippen molar-refractivity contribution in [3.63, 3.8) is 0 Å². The molecule has 2 aromatic carbocycles. The van der Waals surface area contributed by atoms with Gasteiger partial charge in [-0.15, -0.1) is 0 Å². The highest BCUT2D eigenvalue weighted by molar-refractivity contribution is 7.91. The second-order valence-corrected chi connectivity index (χ2v) is 11.5. The summed E-state index contributed by atoms with van der Waals surface area (Å²) in [5.41, 5.74) is 0.917. The van der Waals surface area contributed by atoms with Crippen LogP contribution >= 0.6 is 11.6 Å². The molecule has 0 aliphatic carbocycles. The van der Waals surface area contributed by atoms with E-state index >= 15 is 0 Å².